The van der Waals surface area contributed by atoms with Crippen molar-refractivity contribution < 1.29 is 22.7 Å². The van der Waals surface area contributed by atoms with E-state index in [2.05, 4.69) is 0 Å². The third-order valence-electron chi connectivity index (χ3n) is 5.56. The highest BCUT2D eigenvalue weighted by molar-refractivity contribution is 7.86. The molecule has 0 saturated carbocycles. The number of nitrogens with two attached hydrogens (primary N) is 1. The van der Waals surface area contributed by atoms with Crippen molar-refractivity contribution in [2.75, 3.05) is 19.7 Å². The number of ether oxygens (including phenoxy) is 2. The fraction of sp³-hybridized carbons (Fsp3) is 0.381. The molecule has 2 heterocycles. The van der Waals surface area contributed by atoms with Crippen molar-refractivity contribution in [2.24, 2.45) is 5.14 Å². The van der Waals surface area contributed by atoms with Crippen molar-refractivity contribution in [1.29, 1.82) is 0 Å². The van der Waals surface area contributed by atoms with Gasteiger partial charge in [0.25, 0.3) is 10.2 Å². The Hall–Kier alpha value is -2.42. The van der Waals surface area contributed by atoms with E-state index in [-0.39, 0.29) is 25.3 Å². The summed E-state index contributed by atoms with van der Waals surface area (Å²) in [5, 5.41) is 5.21. The van der Waals surface area contributed by atoms with Crippen LogP contribution in [0.3, 0.4) is 0 Å². The summed E-state index contributed by atoms with van der Waals surface area (Å²) in [6.07, 6.45) is 1.11. The van der Waals surface area contributed by atoms with Gasteiger partial charge in [-0.3, -0.25) is 4.79 Å². The van der Waals surface area contributed by atoms with Crippen LogP contribution in [0.4, 0.5) is 0 Å². The van der Waals surface area contributed by atoms with Crippen molar-refractivity contribution in [2.45, 2.75) is 31.8 Å². The van der Waals surface area contributed by atoms with E-state index in [1.807, 2.05) is 49.4 Å². The molecule has 2 aromatic rings. The van der Waals surface area contributed by atoms with Crippen LogP contribution < -0.4 is 14.6 Å². The second-order valence-corrected chi connectivity index (χ2v) is 9.05. The minimum atomic E-state index is -3.72. The summed E-state index contributed by atoms with van der Waals surface area (Å²) in [4.78, 5) is 12.9. The molecule has 7 nitrogen and oxygen atoms in total. The van der Waals surface area contributed by atoms with Gasteiger partial charge in [-0.15, -0.1) is 0 Å². The number of fused-ring (bicyclic) bond motifs is 1. The average molecular weight is 416 g/mol. The molecular weight excluding hydrogens is 392 g/mol. The highest BCUT2D eigenvalue weighted by Crippen LogP contribution is 2.41. The van der Waals surface area contributed by atoms with E-state index in [1.54, 1.807) is 0 Å². The first-order chi connectivity index (χ1) is 13.8. The molecule has 1 saturated heterocycles. The maximum Gasteiger partial charge on any atom is 0.276 e. The molecule has 0 bridgehead atoms. The van der Waals surface area contributed by atoms with Crippen molar-refractivity contribution in [3.63, 3.8) is 0 Å². The summed E-state index contributed by atoms with van der Waals surface area (Å²) < 4.78 is 36.1. The first kappa shape index (κ1) is 19.9. The van der Waals surface area contributed by atoms with Gasteiger partial charge in [0.1, 0.15) is 17.1 Å². The molecule has 4 rings (SSSR count). The summed E-state index contributed by atoms with van der Waals surface area (Å²) in [5.41, 5.74) is 1.78. The monoisotopic (exact) mass is 416 g/mol. The lowest BCUT2D eigenvalue weighted by Gasteiger charge is -2.43. The predicted octanol–water partition coefficient (Wildman–Crippen LogP) is 2.76. The SMILES string of the molecule is CCOc1cccc(-c2ccc3c(c2)C(=O)CC2(CCN(S(N)(=O)=O)CC2)O3)c1. The molecule has 0 radical (unpaired) electrons. The Balaban J connectivity index is 1.58. The van der Waals surface area contributed by atoms with Crippen LogP contribution in [-0.4, -0.2) is 43.8 Å². The Bertz CT molecular complexity index is 1040. The van der Waals surface area contributed by atoms with Crippen LogP contribution in [0.5, 0.6) is 11.5 Å². The lowest BCUT2D eigenvalue weighted by Crippen LogP contribution is -2.53. The molecule has 154 valence electrons. The molecule has 0 amide bonds. The van der Waals surface area contributed by atoms with Gasteiger partial charge in [0.2, 0.25) is 0 Å². The van der Waals surface area contributed by atoms with Crippen molar-refractivity contribution in [3.05, 3.63) is 48.0 Å². The number of rotatable bonds is 4. The standard InChI is InChI=1S/C21H24N2O5S/c1-2-27-17-5-3-4-15(12-17)16-6-7-20-18(13-16)19(24)14-21(28-20)8-10-23(11-9-21)29(22,25)26/h3-7,12-13H,2,8-11,14H2,1H3,(H2,22,25,26). The maximum absolute atomic E-state index is 12.9. The molecule has 2 aliphatic rings. The smallest absolute Gasteiger partial charge is 0.276 e. The number of nitrogens with zero attached hydrogens (tertiary/aromatic N) is 1. The van der Waals surface area contributed by atoms with Crippen LogP contribution in [-0.2, 0) is 10.2 Å². The molecule has 2 aliphatic heterocycles. The van der Waals surface area contributed by atoms with Gasteiger partial charge in [0.15, 0.2) is 5.78 Å². The quantitative estimate of drug-likeness (QED) is 0.826. The minimum Gasteiger partial charge on any atom is -0.494 e. The van der Waals surface area contributed by atoms with Crippen LogP contribution in [0, 0.1) is 0 Å². The molecule has 1 fully saturated rings. The number of hydrogen-bond donors (Lipinski definition) is 1. The van der Waals surface area contributed by atoms with E-state index >= 15 is 0 Å². The Morgan fingerprint density at radius 2 is 1.86 bits per heavy atom. The topological polar surface area (TPSA) is 98.9 Å². The van der Waals surface area contributed by atoms with E-state index in [9.17, 15) is 13.2 Å². The number of carbonyl (C=O) groups is 1. The lowest BCUT2D eigenvalue weighted by atomic mass is 9.82. The van der Waals surface area contributed by atoms with E-state index in [4.69, 9.17) is 14.6 Å². The van der Waals surface area contributed by atoms with Crippen LogP contribution >= 0.6 is 0 Å². The highest BCUT2D eigenvalue weighted by Gasteiger charge is 2.44. The van der Waals surface area contributed by atoms with Gasteiger partial charge >= 0.3 is 0 Å². The third-order valence-corrected chi connectivity index (χ3v) is 6.65. The second-order valence-electron chi connectivity index (χ2n) is 7.50. The maximum atomic E-state index is 12.9. The fourth-order valence-corrected chi connectivity index (χ4v) is 4.72. The lowest BCUT2D eigenvalue weighted by molar-refractivity contribution is 0.00594. The average Bonchev–Trinajstić information content (AvgIpc) is 2.68. The fourth-order valence-electron chi connectivity index (χ4n) is 4.03. The second kappa shape index (κ2) is 7.44. The van der Waals surface area contributed by atoms with Crippen LogP contribution in [0.15, 0.2) is 42.5 Å². The summed E-state index contributed by atoms with van der Waals surface area (Å²) in [5.74, 6) is 1.35. The number of piperidine rings is 1. The molecule has 2 N–H and O–H groups in total. The van der Waals surface area contributed by atoms with Crippen molar-refractivity contribution >= 4 is 16.0 Å². The van der Waals surface area contributed by atoms with E-state index in [1.165, 1.54) is 4.31 Å². The van der Waals surface area contributed by atoms with E-state index in [0.717, 1.165) is 16.9 Å². The molecular formula is C21H24N2O5S. The molecule has 29 heavy (non-hydrogen) atoms. The molecule has 0 aliphatic carbocycles. The van der Waals surface area contributed by atoms with Gasteiger partial charge in [-0.1, -0.05) is 18.2 Å². The largest absolute Gasteiger partial charge is 0.494 e. The number of Topliss-reactive ketones (excluding diaryl/α,β-unsaturated/α-hetero) is 1. The van der Waals surface area contributed by atoms with Crippen LogP contribution in [0.1, 0.15) is 36.5 Å². The number of carbonyl (C=O) groups excluding carboxylic acids is 1. The third kappa shape index (κ3) is 4.01. The molecule has 2 aromatic carbocycles. The Morgan fingerprint density at radius 3 is 2.55 bits per heavy atom. The van der Waals surface area contributed by atoms with Gasteiger partial charge in [-0.25, -0.2) is 5.14 Å². The van der Waals surface area contributed by atoms with Gasteiger partial charge in [-0.05, 0) is 42.3 Å². The van der Waals surface area contributed by atoms with E-state index in [0.29, 0.717) is 30.8 Å². The van der Waals surface area contributed by atoms with Crippen molar-refractivity contribution in [3.8, 4) is 22.6 Å². The summed E-state index contributed by atoms with van der Waals surface area (Å²) in [6.45, 7) is 3.03. The predicted molar refractivity (Wildman–Crippen MR) is 109 cm³/mol. The summed E-state index contributed by atoms with van der Waals surface area (Å²) in [7, 11) is -3.72. The zero-order chi connectivity index (χ0) is 20.6. The Labute approximate surface area is 170 Å². The molecule has 0 aromatic heterocycles. The Kier molecular flexibility index (Phi) is 5.10. The molecule has 1 spiro atoms. The summed E-state index contributed by atoms with van der Waals surface area (Å²) >= 11 is 0. The minimum absolute atomic E-state index is 0.0121. The van der Waals surface area contributed by atoms with Crippen LogP contribution in [0.2, 0.25) is 0 Å². The van der Waals surface area contributed by atoms with Gasteiger partial charge in [-0.2, -0.15) is 12.7 Å². The Morgan fingerprint density at radius 1 is 1.14 bits per heavy atom. The number of hydrogen-bond acceptors (Lipinski definition) is 5. The van der Waals surface area contributed by atoms with Gasteiger partial charge in [0, 0.05) is 25.9 Å². The zero-order valence-corrected chi connectivity index (χ0v) is 17.1. The first-order valence-electron chi connectivity index (χ1n) is 9.67. The number of benzene rings is 2. The van der Waals surface area contributed by atoms with Crippen molar-refractivity contribution in [1.82, 2.24) is 4.31 Å². The van der Waals surface area contributed by atoms with Crippen LogP contribution in [0.25, 0.3) is 11.1 Å². The molecule has 8 heteroatoms. The van der Waals surface area contributed by atoms with Gasteiger partial charge < -0.3 is 9.47 Å². The first-order valence-corrected chi connectivity index (χ1v) is 11.2. The zero-order valence-electron chi connectivity index (χ0n) is 16.3. The molecule has 0 unspecified atom stereocenters. The number of ketones is 1. The summed E-state index contributed by atoms with van der Waals surface area (Å²) in [6, 6.07) is 13.4. The highest BCUT2D eigenvalue weighted by atomic mass is 32.2. The normalized spacial score (nSPS) is 18.9. The molecule has 0 atom stereocenters. The van der Waals surface area contributed by atoms with Gasteiger partial charge in [0.05, 0.1) is 18.6 Å². The van der Waals surface area contributed by atoms with E-state index < -0.39 is 15.8 Å².